The van der Waals surface area contributed by atoms with Crippen molar-refractivity contribution >= 4 is 15.8 Å². The summed E-state index contributed by atoms with van der Waals surface area (Å²) in [6, 6.07) is 5.83. The fourth-order valence-electron chi connectivity index (χ4n) is 1.31. The molecule has 4 nitrogen and oxygen atoms in total. The van der Waals surface area contributed by atoms with Crippen LogP contribution in [0.25, 0.3) is 0 Å². The molecule has 0 atom stereocenters. The van der Waals surface area contributed by atoms with Crippen LogP contribution in [-0.2, 0) is 10.0 Å². The first kappa shape index (κ1) is 14.4. The van der Waals surface area contributed by atoms with Gasteiger partial charge in [0, 0.05) is 5.56 Å². The Hall–Kier alpha value is -1.64. The fourth-order valence-corrected chi connectivity index (χ4v) is 2.69. The van der Waals surface area contributed by atoms with Gasteiger partial charge in [0.25, 0.3) is 0 Å². The first-order chi connectivity index (χ1) is 8.18. The number of hydrogen-bond acceptors (Lipinski definition) is 3. The molecule has 0 heterocycles. The van der Waals surface area contributed by atoms with Crippen LogP contribution >= 0.6 is 0 Å². The minimum atomic E-state index is -3.73. The van der Waals surface area contributed by atoms with E-state index in [0.717, 1.165) is 0 Å². The molecule has 0 spiro atoms. The molecule has 0 aliphatic heterocycles. The molecule has 0 aliphatic rings. The van der Waals surface area contributed by atoms with E-state index in [1.54, 1.807) is 19.9 Å². The maximum absolute atomic E-state index is 12.1. The summed E-state index contributed by atoms with van der Waals surface area (Å²) < 4.78 is 26.5. The van der Waals surface area contributed by atoms with Crippen LogP contribution in [0.15, 0.2) is 29.2 Å². The molecule has 1 rings (SSSR count). The van der Waals surface area contributed by atoms with Crippen molar-refractivity contribution in [2.75, 3.05) is 0 Å². The molecule has 0 amide bonds. The lowest BCUT2D eigenvalue weighted by atomic mass is 10.1. The molecule has 0 fully saturated rings. The molecule has 0 aliphatic carbocycles. The van der Waals surface area contributed by atoms with Gasteiger partial charge in [0.2, 0.25) is 10.0 Å². The van der Waals surface area contributed by atoms with Crippen molar-refractivity contribution in [1.82, 2.24) is 4.72 Å². The van der Waals surface area contributed by atoms with Crippen molar-refractivity contribution in [3.8, 4) is 12.3 Å². The van der Waals surface area contributed by atoms with Gasteiger partial charge in [-0.15, -0.1) is 6.42 Å². The number of hydrogen-bond donors (Lipinski definition) is 1. The number of carbonyl (C=O) groups excluding carboxylic acids is 1. The molecule has 18 heavy (non-hydrogen) atoms. The lowest BCUT2D eigenvalue weighted by Crippen LogP contribution is -2.41. The third-order valence-electron chi connectivity index (χ3n) is 2.30. The third-order valence-corrected chi connectivity index (χ3v) is 3.95. The molecule has 5 heteroatoms. The first-order valence-electron chi connectivity index (χ1n) is 5.31. The highest BCUT2D eigenvalue weighted by molar-refractivity contribution is 7.89. The van der Waals surface area contributed by atoms with Gasteiger partial charge in [0.15, 0.2) is 5.78 Å². The standard InChI is InChI=1S/C13H15NO3S/c1-5-13(3,4)14-18(16,17)12-8-6-7-11(9-12)10(2)15/h1,6-9,14H,2-4H3. The number of sulfonamides is 1. The summed E-state index contributed by atoms with van der Waals surface area (Å²) >= 11 is 0. The van der Waals surface area contributed by atoms with E-state index in [2.05, 4.69) is 10.6 Å². The molecule has 96 valence electrons. The van der Waals surface area contributed by atoms with E-state index < -0.39 is 15.6 Å². The topological polar surface area (TPSA) is 63.2 Å². The Balaban J connectivity index is 3.18. The van der Waals surface area contributed by atoms with Gasteiger partial charge in [-0.05, 0) is 32.9 Å². The minimum absolute atomic E-state index is 0.0264. The Morgan fingerprint density at radius 3 is 2.50 bits per heavy atom. The van der Waals surface area contributed by atoms with E-state index in [-0.39, 0.29) is 10.7 Å². The maximum Gasteiger partial charge on any atom is 0.241 e. The zero-order valence-electron chi connectivity index (χ0n) is 10.5. The van der Waals surface area contributed by atoms with E-state index in [9.17, 15) is 13.2 Å². The summed E-state index contributed by atoms with van der Waals surface area (Å²) in [4.78, 5) is 11.2. The predicted molar refractivity (Wildman–Crippen MR) is 69.7 cm³/mol. The Labute approximate surface area is 107 Å². The number of benzene rings is 1. The molecule has 0 bridgehead atoms. The van der Waals surface area contributed by atoms with Crippen LogP contribution in [0.4, 0.5) is 0 Å². The van der Waals surface area contributed by atoms with Crippen molar-refractivity contribution in [2.24, 2.45) is 0 Å². The Bertz CT molecular complexity index is 609. The molecule has 1 aromatic carbocycles. The molecule has 1 N–H and O–H groups in total. The molecule has 0 radical (unpaired) electrons. The zero-order chi connectivity index (χ0) is 14.0. The second-order valence-corrected chi connectivity index (χ2v) is 6.14. The summed E-state index contributed by atoms with van der Waals surface area (Å²) in [6.07, 6.45) is 5.24. The lowest BCUT2D eigenvalue weighted by molar-refractivity contribution is 0.101. The van der Waals surface area contributed by atoms with E-state index in [4.69, 9.17) is 6.42 Å². The van der Waals surface area contributed by atoms with E-state index in [1.165, 1.54) is 25.1 Å². The molecular weight excluding hydrogens is 250 g/mol. The summed E-state index contributed by atoms with van der Waals surface area (Å²) in [7, 11) is -3.73. The zero-order valence-corrected chi connectivity index (χ0v) is 11.3. The average molecular weight is 265 g/mol. The van der Waals surface area contributed by atoms with Crippen molar-refractivity contribution < 1.29 is 13.2 Å². The Kier molecular flexibility index (Phi) is 3.95. The van der Waals surface area contributed by atoms with Gasteiger partial charge in [0.1, 0.15) is 0 Å². The molecular formula is C13H15NO3S. The maximum atomic E-state index is 12.1. The van der Waals surface area contributed by atoms with Crippen LogP contribution in [0.1, 0.15) is 31.1 Å². The molecule has 0 unspecified atom stereocenters. The normalized spacial score (nSPS) is 11.9. The van der Waals surface area contributed by atoms with Gasteiger partial charge in [-0.3, -0.25) is 4.79 Å². The van der Waals surface area contributed by atoms with Gasteiger partial charge in [-0.1, -0.05) is 18.1 Å². The monoisotopic (exact) mass is 265 g/mol. The van der Waals surface area contributed by atoms with E-state index in [0.29, 0.717) is 5.56 Å². The predicted octanol–water partition coefficient (Wildman–Crippen LogP) is 1.58. The van der Waals surface area contributed by atoms with Gasteiger partial charge >= 0.3 is 0 Å². The quantitative estimate of drug-likeness (QED) is 0.664. The number of nitrogens with one attached hydrogen (secondary N) is 1. The second kappa shape index (κ2) is 4.92. The number of Topliss-reactive ketones (excluding diaryl/α,β-unsaturated/α-hetero) is 1. The highest BCUT2D eigenvalue weighted by Crippen LogP contribution is 2.14. The van der Waals surface area contributed by atoms with Crippen LogP contribution in [0.2, 0.25) is 0 Å². The lowest BCUT2D eigenvalue weighted by Gasteiger charge is -2.19. The SMILES string of the molecule is C#CC(C)(C)NS(=O)(=O)c1cccc(C(C)=O)c1. The number of terminal acetylenes is 1. The molecule has 0 saturated carbocycles. The number of carbonyl (C=O) groups is 1. The summed E-state index contributed by atoms with van der Waals surface area (Å²) in [5, 5.41) is 0. The van der Waals surface area contributed by atoms with E-state index >= 15 is 0 Å². The van der Waals surface area contributed by atoms with Crippen LogP contribution in [0.5, 0.6) is 0 Å². The highest BCUT2D eigenvalue weighted by Gasteiger charge is 2.24. The van der Waals surface area contributed by atoms with Crippen molar-refractivity contribution in [1.29, 1.82) is 0 Å². The Morgan fingerprint density at radius 2 is 2.00 bits per heavy atom. The van der Waals surface area contributed by atoms with Gasteiger partial charge in [-0.2, -0.15) is 4.72 Å². The van der Waals surface area contributed by atoms with Crippen molar-refractivity contribution in [3.63, 3.8) is 0 Å². The van der Waals surface area contributed by atoms with E-state index in [1.807, 2.05) is 0 Å². The summed E-state index contributed by atoms with van der Waals surface area (Å²) in [5.74, 6) is 2.16. The third kappa shape index (κ3) is 3.42. The van der Waals surface area contributed by atoms with Gasteiger partial charge in [0.05, 0.1) is 10.4 Å². The largest absolute Gasteiger partial charge is 0.295 e. The summed E-state index contributed by atoms with van der Waals surface area (Å²) in [5.41, 5.74) is -0.637. The molecule has 1 aromatic rings. The summed E-state index contributed by atoms with van der Waals surface area (Å²) in [6.45, 7) is 4.54. The van der Waals surface area contributed by atoms with Crippen molar-refractivity contribution in [2.45, 2.75) is 31.2 Å². The van der Waals surface area contributed by atoms with Crippen LogP contribution in [-0.4, -0.2) is 19.7 Å². The van der Waals surface area contributed by atoms with Crippen molar-refractivity contribution in [3.05, 3.63) is 29.8 Å². The average Bonchev–Trinajstić information content (AvgIpc) is 2.28. The smallest absolute Gasteiger partial charge is 0.241 e. The van der Waals surface area contributed by atoms with Crippen LogP contribution in [0, 0.1) is 12.3 Å². The second-order valence-electron chi connectivity index (χ2n) is 4.46. The number of rotatable bonds is 4. The van der Waals surface area contributed by atoms with Crippen LogP contribution < -0.4 is 4.72 Å². The first-order valence-corrected chi connectivity index (χ1v) is 6.79. The minimum Gasteiger partial charge on any atom is -0.295 e. The highest BCUT2D eigenvalue weighted by atomic mass is 32.2. The Morgan fingerprint density at radius 1 is 1.39 bits per heavy atom. The molecule has 0 aromatic heterocycles. The number of ketones is 1. The van der Waals surface area contributed by atoms with Crippen LogP contribution in [0.3, 0.4) is 0 Å². The van der Waals surface area contributed by atoms with Gasteiger partial charge < -0.3 is 0 Å². The fraction of sp³-hybridized carbons (Fsp3) is 0.308. The van der Waals surface area contributed by atoms with Gasteiger partial charge in [-0.25, -0.2) is 8.42 Å². The molecule has 0 saturated heterocycles.